The van der Waals surface area contributed by atoms with Crippen molar-refractivity contribution in [3.05, 3.63) is 0 Å². The van der Waals surface area contributed by atoms with Gasteiger partial charge in [-0.05, 0) is 41.4 Å². The van der Waals surface area contributed by atoms with Crippen molar-refractivity contribution in [2.75, 3.05) is 21.1 Å². The van der Waals surface area contributed by atoms with E-state index in [2.05, 4.69) is 23.2 Å². The molecule has 12 heavy (non-hydrogen) atoms. The standard InChI is InChI=1S/C9H19N3/c1-8(12(4)5)6-9(2,7-10)11-3/h8,11H,6H2,1-5H3. The van der Waals surface area contributed by atoms with Crippen molar-refractivity contribution < 1.29 is 0 Å². The Morgan fingerprint density at radius 3 is 2.33 bits per heavy atom. The second-order valence-electron chi connectivity index (χ2n) is 3.71. The Morgan fingerprint density at radius 1 is 1.58 bits per heavy atom. The van der Waals surface area contributed by atoms with Crippen LogP contribution >= 0.6 is 0 Å². The third-order valence-corrected chi connectivity index (χ3v) is 2.38. The van der Waals surface area contributed by atoms with Crippen LogP contribution in [0.5, 0.6) is 0 Å². The van der Waals surface area contributed by atoms with E-state index in [-0.39, 0.29) is 0 Å². The molecule has 2 unspecified atom stereocenters. The van der Waals surface area contributed by atoms with Crippen LogP contribution in [0.15, 0.2) is 0 Å². The molecular formula is C9H19N3. The predicted octanol–water partition coefficient (Wildman–Crippen LogP) is 0.828. The van der Waals surface area contributed by atoms with Gasteiger partial charge < -0.3 is 10.2 Å². The van der Waals surface area contributed by atoms with Crippen molar-refractivity contribution in [3.8, 4) is 6.07 Å². The average Bonchev–Trinajstić information content (AvgIpc) is 2.04. The lowest BCUT2D eigenvalue weighted by Gasteiger charge is -2.28. The van der Waals surface area contributed by atoms with Crippen LogP contribution in [0.3, 0.4) is 0 Å². The zero-order valence-corrected chi connectivity index (χ0v) is 8.68. The monoisotopic (exact) mass is 169 g/mol. The van der Waals surface area contributed by atoms with Gasteiger partial charge in [0.1, 0.15) is 5.54 Å². The summed E-state index contributed by atoms with van der Waals surface area (Å²) in [6, 6.07) is 2.69. The molecule has 0 heterocycles. The predicted molar refractivity (Wildman–Crippen MR) is 50.8 cm³/mol. The van der Waals surface area contributed by atoms with Crippen LogP contribution in [0.1, 0.15) is 20.3 Å². The number of hydrogen-bond acceptors (Lipinski definition) is 3. The van der Waals surface area contributed by atoms with Crippen LogP contribution in [0.4, 0.5) is 0 Å². The van der Waals surface area contributed by atoms with Crippen LogP contribution in [0.2, 0.25) is 0 Å². The molecular weight excluding hydrogens is 150 g/mol. The van der Waals surface area contributed by atoms with Crippen molar-refractivity contribution in [1.29, 1.82) is 5.26 Å². The van der Waals surface area contributed by atoms with Gasteiger partial charge in [-0.3, -0.25) is 0 Å². The zero-order chi connectivity index (χ0) is 9.78. The first-order valence-electron chi connectivity index (χ1n) is 4.22. The fourth-order valence-electron chi connectivity index (χ4n) is 0.977. The van der Waals surface area contributed by atoms with E-state index in [1.54, 1.807) is 0 Å². The van der Waals surface area contributed by atoms with Gasteiger partial charge in [0.25, 0.3) is 0 Å². The van der Waals surface area contributed by atoms with E-state index in [0.717, 1.165) is 6.42 Å². The Hall–Kier alpha value is -0.590. The van der Waals surface area contributed by atoms with E-state index in [9.17, 15) is 0 Å². The summed E-state index contributed by atoms with van der Waals surface area (Å²) in [6.07, 6.45) is 0.840. The molecule has 0 saturated carbocycles. The van der Waals surface area contributed by atoms with Crippen LogP contribution in [-0.4, -0.2) is 37.6 Å². The minimum absolute atomic E-state index is 0.399. The van der Waals surface area contributed by atoms with Crippen LogP contribution in [0.25, 0.3) is 0 Å². The van der Waals surface area contributed by atoms with Crippen molar-refractivity contribution >= 4 is 0 Å². The van der Waals surface area contributed by atoms with Gasteiger partial charge in [0.05, 0.1) is 6.07 Å². The highest BCUT2D eigenvalue weighted by Crippen LogP contribution is 2.12. The molecule has 0 bridgehead atoms. The topological polar surface area (TPSA) is 39.1 Å². The Morgan fingerprint density at radius 2 is 2.08 bits per heavy atom. The molecule has 0 aromatic rings. The molecule has 0 fully saturated rings. The summed E-state index contributed by atoms with van der Waals surface area (Å²) in [4.78, 5) is 2.12. The van der Waals surface area contributed by atoms with Crippen LogP contribution in [-0.2, 0) is 0 Å². The van der Waals surface area contributed by atoms with Gasteiger partial charge in [0.2, 0.25) is 0 Å². The Bertz CT molecular complexity index is 171. The first-order valence-corrected chi connectivity index (χ1v) is 4.22. The first kappa shape index (κ1) is 11.4. The number of hydrogen-bond donors (Lipinski definition) is 1. The number of nitrogens with zero attached hydrogens (tertiary/aromatic N) is 2. The van der Waals surface area contributed by atoms with Gasteiger partial charge in [-0.1, -0.05) is 0 Å². The van der Waals surface area contributed by atoms with Crippen molar-refractivity contribution in [1.82, 2.24) is 10.2 Å². The third kappa shape index (κ3) is 3.21. The summed E-state index contributed by atoms with van der Waals surface area (Å²) in [6.45, 7) is 4.04. The molecule has 3 nitrogen and oxygen atoms in total. The maximum absolute atomic E-state index is 8.88. The highest BCUT2D eigenvalue weighted by atomic mass is 15.1. The minimum atomic E-state index is -0.399. The molecule has 0 amide bonds. The normalized spacial score (nSPS) is 18.4. The molecule has 0 radical (unpaired) electrons. The summed E-state index contributed by atoms with van der Waals surface area (Å²) in [5, 5.41) is 11.9. The molecule has 0 aromatic heterocycles. The third-order valence-electron chi connectivity index (χ3n) is 2.38. The van der Waals surface area contributed by atoms with Gasteiger partial charge in [0.15, 0.2) is 0 Å². The molecule has 3 heteroatoms. The first-order chi connectivity index (χ1) is 5.45. The lowest BCUT2D eigenvalue weighted by Crippen LogP contribution is -2.43. The van der Waals surface area contributed by atoms with Crippen LogP contribution < -0.4 is 5.32 Å². The van der Waals surface area contributed by atoms with E-state index in [0.29, 0.717) is 6.04 Å². The Labute approximate surface area is 75.4 Å². The largest absolute Gasteiger partial charge is 0.307 e. The maximum atomic E-state index is 8.88. The summed E-state index contributed by atoms with van der Waals surface area (Å²) < 4.78 is 0. The van der Waals surface area contributed by atoms with Crippen molar-refractivity contribution in [2.45, 2.75) is 31.8 Å². The van der Waals surface area contributed by atoms with Gasteiger partial charge in [-0.25, -0.2) is 0 Å². The summed E-state index contributed by atoms with van der Waals surface area (Å²) >= 11 is 0. The van der Waals surface area contributed by atoms with Gasteiger partial charge >= 0.3 is 0 Å². The average molecular weight is 169 g/mol. The fourth-order valence-corrected chi connectivity index (χ4v) is 0.977. The molecule has 0 aromatic carbocycles. The number of nitriles is 1. The number of rotatable bonds is 4. The summed E-state index contributed by atoms with van der Waals surface area (Å²) in [5.74, 6) is 0. The van der Waals surface area contributed by atoms with E-state index in [1.165, 1.54) is 0 Å². The SMILES string of the molecule is CNC(C)(C#N)CC(C)N(C)C. The molecule has 0 aliphatic carbocycles. The second-order valence-corrected chi connectivity index (χ2v) is 3.71. The van der Waals surface area contributed by atoms with E-state index in [4.69, 9.17) is 5.26 Å². The van der Waals surface area contributed by atoms with Gasteiger partial charge in [0, 0.05) is 6.04 Å². The van der Waals surface area contributed by atoms with E-state index in [1.807, 2.05) is 28.1 Å². The summed E-state index contributed by atoms with van der Waals surface area (Å²) in [7, 11) is 5.88. The molecule has 0 spiro atoms. The van der Waals surface area contributed by atoms with Gasteiger partial charge in [-0.15, -0.1) is 0 Å². The zero-order valence-electron chi connectivity index (χ0n) is 8.68. The van der Waals surface area contributed by atoms with Crippen LogP contribution in [0, 0.1) is 11.3 Å². The molecule has 0 saturated heterocycles. The Kier molecular flexibility index (Phi) is 4.22. The quantitative estimate of drug-likeness (QED) is 0.677. The number of nitrogens with one attached hydrogen (secondary N) is 1. The molecule has 0 aliphatic heterocycles. The molecule has 0 rings (SSSR count). The molecule has 0 aliphatic rings. The highest BCUT2D eigenvalue weighted by molar-refractivity contribution is 5.04. The van der Waals surface area contributed by atoms with E-state index >= 15 is 0 Å². The molecule has 70 valence electrons. The Balaban J connectivity index is 4.14. The van der Waals surface area contributed by atoms with E-state index < -0.39 is 5.54 Å². The van der Waals surface area contributed by atoms with Crippen molar-refractivity contribution in [3.63, 3.8) is 0 Å². The second kappa shape index (κ2) is 4.44. The molecule has 1 N–H and O–H groups in total. The summed E-state index contributed by atoms with van der Waals surface area (Å²) in [5.41, 5.74) is -0.399. The fraction of sp³-hybridized carbons (Fsp3) is 0.889. The van der Waals surface area contributed by atoms with Gasteiger partial charge in [-0.2, -0.15) is 5.26 Å². The molecule has 2 atom stereocenters. The maximum Gasteiger partial charge on any atom is 0.105 e. The highest BCUT2D eigenvalue weighted by Gasteiger charge is 2.24. The lowest BCUT2D eigenvalue weighted by atomic mass is 9.95. The van der Waals surface area contributed by atoms with Crippen molar-refractivity contribution in [2.24, 2.45) is 0 Å². The lowest BCUT2D eigenvalue weighted by molar-refractivity contribution is 0.256. The minimum Gasteiger partial charge on any atom is -0.307 e. The smallest absolute Gasteiger partial charge is 0.105 e.